The number of carbonyl (C=O) groups excluding carboxylic acids is 1. The summed E-state index contributed by atoms with van der Waals surface area (Å²) in [5.41, 5.74) is 3.63. The number of aromatic nitrogens is 2. The van der Waals surface area contributed by atoms with E-state index in [9.17, 15) is 4.79 Å². The van der Waals surface area contributed by atoms with Gasteiger partial charge < -0.3 is 14.1 Å². The molecule has 0 saturated heterocycles. The number of hydrazone groups is 1. The molecular formula is C23H20N4O3S. The molecule has 0 spiro atoms. The number of aromatic amines is 1. The molecule has 1 N–H and O–H groups in total. The van der Waals surface area contributed by atoms with Gasteiger partial charge in [-0.15, -0.1) is 0 Å². The van der Waals surface area contributed by atoms with Gasteiger partial charge in [-0.2, -0.15) is 5.10 Å². The first-order chi connectivity index (χ1) is 15.2. The number of rotatable bonds is 6. The second kappa shape index (κ2) is 8.31. The normalized spacial score (nSPS) is 16.0. The molecule has 4 aromatic rings. The molecule has 0 saturated carbocycles. The lowest BCUT2D eigenvalue weighted by Crippen LogP contribution is -2.28. The Morgan fingerprint density at radius 2 is 2.03 bits per heavy atom. The van der Waals surface area contributed by atoms with Crippen molar-refractivity contribution in [1.29, 1.82) is 0 Å². The van der Waals surface area contributed by atoms with Crippen molar-refractivity contribution in [3.63, 3.8) is 0 Å². The lowest BCUT2D eigenvalue weighted by Gasteiger charge is -2.19. The number of H-pyrrole nitrogens is 1. The van der Waals surface area contributed by atoms with E-state index in [0.29, 0.717) is 17.3 Å². The maximum absolute atomic E-state index is 13.1. The number of para-hydroxylation sites is 2. The fourth-order valence-corrected chi connectivity index (χ4v) is 4.33. The molecule has 3 heterocycles. The standard InChI is InChI=1S/C23H20N4O3S/c1-29-16-10-8-15(9-11-16)19-13-20(21-7-4-12-30-21)27(26-19)22(28)14-31-23-24-17-5-2-3-6-18(17)25-23/h2-12,20H,13-14H2,1H3,(H,24,25)/t20-/m1/s1. The van der Waals surface area contributed by atoms with E-state index in [-0.39, 0.29) is 17.7 Å². The number of thioether (sulfide) groups is 1. The summed E-state index contributed by atoms with van der Waals surface area (Å²) >= 11 is 1.37. The number of furan rings is 1. The summed E-state index contributed by atoms with van der Waals surface area (Å²) in [5, 5.41) is 6.91. The quantitative estimate of drug-likeness (QED) is 0.449. The molecule has 7 nitrogen and oxygen atoms in total. The van der Waals surface area contributed by atoms with Crippen molar-refractivity contribution in [3.05, 3.63) is 78.3 Å². The number of imidazole rings is 1. The van der Waals surface area contributed by atoms with Crippen LogP contribution >= 0.6 is 11.8 Å². The molecule has 1 amide bonds. The highest BCUT2D eigenvalue weighted by Gasteiger charge is 2.34. The van der Waals surface area contributed by atoms with Crippen molar-refractivity contribution in [3.8, 4) is 5.75 Å². The number of ether oxygens (including phenoxy) is 1. The number of hydrogen-bond donors (Lipinski definition) is 1. The van der Waals surface area contributed by atoms with Gasteiger partial charge in [-0.1, -0.05) is 23.9 Å². The molecule has 0 radical (unpaired) electrons. The van der Waals surface area contributed by atoms with Crippen LogP contribution in [-0.2, 0) is 4.79 Å². The Kier molecular flexibility index (Phi) is 5.21. The average Bonchev–Trinajstić information content (AvgIpc) is 3.56. The van der Waals surface area contributed by atoms with Crippen molar-refractivity contribution >= 4 is 34.4 Å². The highest BCUT2D eigenvalue weighted by molar-refractivity contribution is 7.99. The summed E-state index contributed by atoms with van der Waals surface area (Å²) in [7, 11) is 1.63. The van der Waals surface area contributed by atoms with Gasteiger partial charge in [0, 0.05) is 6.42 Å². The topological polar surface area (TPSA) is 83.7 Å². The fraction of sp³-hybridized carbons (Fsp3) is 0.174. The fourth-order valence-electron chi connectivity index (χ4n) is 3.59. The first-order valence-corrected chi connectivity index (χ1v) is 10.8. The Labute approximate surface area is 183 Å². The highest BCUT2D eigenvalue weighted by Crippen LogP contribution is 2.34. The first-order valence-electron chi connectivity index (χ1n) is 9.86. The van der Waals surface area contributed by atoms with E-state index >= 15 is 0 Å². The monoisotopic (exact) mass is 432 g/mol. The van der Waals surface area contributed by atoms with Crippen molar-refractivity contribution in [2.75, 3.05) is 12.9 Å². The summed E-state index contributed by atoms with van der Waals surface area (Å²) in [5.74, 6) is 1.61. The molecule has 0 unspecified atom stereocenters. The molecule has 1 atom stereocenters. The second-order valence-electron chi connectivity index (χ2n) is 7.10. The van der Waals surface area contributed by atoms with E-state index in [1.54, 1.807) is 13.4 Å². The van der Waals surface area contributed by atoms with Crippen LogP contribution in [0.15, 0.2) is 81.6 Å². The molecule has 1 aliphatic rings. The molecule has 5 rings (SSSR count). The van der Waals surface area contributed by atoms with Crippen molar-refractivity contribution in [2.45, 2.75) is 17.6 Å². The van der Waals surface area contributed by atoms with Gasteiger partial charge in [-0.05, 0) is 54.1 Å². The predicted octanol–water partition coefficient (Wildman–Crippen LogP) is 4.63. The van der Waals surface area contributed by atoms with Crippen LogP contribution in [-0.4, -0.2) is 39.5 Å². The van der Waals surface area contributed by atoms with E-state index < -0.39 is 0 Å². The van der Waals surface area contributed by atoms with Crippen LogP contribution in [0.3, 0.4) is 0 Å². The van der Waals surface area contributed by atoms with Crippen LogP contribution in [0, 0.1) is 0 Å². The summed E-state index contributed by atoms with van der Waals surface area (Å²) in [6, 6.07) is 18.9. The Balaban J connectivity index is 1.36. The third-order valence-corrected chi connectivity index (χ3v) is 6.02. The summed E-state index contributed by atoms with van der Waals surface area (Å²) in [6.45, 7) is 0. The smallest absolute Gasteiger partial charge is 0.253 e. The molecule has 0 bridgehead atoms. The molecule has 0 aliphatic carbocycles. The predicted molar refractivity (Wildman–Crippen MR) is 119 cm³/mol. The number of nitrogens with zero attached hydrogens (tertiary/aromatic N) is 3. The summed E-state index contributed by atoms with van der Waals surface area (Å²) in [4.78, 5) is 20.9. The number of carbonyl (C=O) groups is 1. The number of nitrogens with one attached hydrogen (secondary N) is 1. The van der Waals surface area contributed by atoms with Crippen LogP contribution < -0.4 is 4.74 Å². The van der Waals surface area contributed by atoms with Gasteiger partial charge in [-0.25, -0.2) is 9.99 Å². The van der Waals surface area contributed by atoms with Crippen LogP contribution in [0.1, 0.15) is 23.8 Å². The number of methoxy groups -OCH3 is 1. The van der Waals surface area contributed by atoms with Gasteiger partial charge in [0.05, 0.1) is 35.9 Å². The third-order valence-electron chi connectivity index (χ3n) is 5.16. The van der Waals surface area contributed by atoms with Crippen LogP contribution in [0.4, 0.5) is 0 Å². The number of fused-ring (bicyclic) bond motifs is 1. The molecule has 8 heteroatoms. The van der Waals surface area contributed by atoms with E-state index in [0.717, 1.165) is 28.1 Å². The van der Waals surface area contributed by atoms with E-state index in [1.165, 1.54) is 16.8 Å². The Hall–Kier alpha value is -3.52. The Bertz CT molecular complexity index is 1200. The minimum absolute atomic E-state index is 0.102. The zero-order chi connectivity index (χ0) is 21.2. The molecule has 156 valence electrons. The zero-order valence-corrected chi connectivity index (χ0v) is 17.6. The number of benzene rings is 2. The van der Waals surface area contributed by atoms with Gasteiger partial charge in [-0.3, -0.25) is 4.79 Å². The summed E-state index contributed by atoms with van der Waals surface area (Å²) in [6.07, 6.45) is 2.20. The van der Waals surface area contributed by atoms with Gasteiger partial charge in [0.15, 0.2) is 5.16 Å². The lowest BCUT2D eigenvalue weighted by molar-refractivity contribution is -0.130. The Morgan fingerprint density at radius 3 is 2.77 bits per heavy atom. The van der Waals surface area contributed by atoms with Crippen molar-refractivity contribution in [2.24, 2.45) is 5.10 Å². The van der Waals surface area contributed by atoms with Crippen molar-refractivity contribution < 1.29 is 13.9 Å². The number of amides is 1. The second-order valence-corrected chi connectivity index (χ2v) is 8.06. The van der Waals surface area contributed by atoms with Gasteiger partial charge in [0.25, 0.3) is 5.91 Å². The molecule has 2 aromatic carbocycles. The minimum atomic E-state index is -0.268. The zero-order valence-electron chi connectivity index (χ0n) is 16.8. The van der Waals surface area contributed by atoms with Crippen LogP contribution in [0.5, 0.6) is 5.75 Å². The number of hydrogen-bond acceptors (Lipinski definition) is 6. The average molecular weight is 433 g/mol. The SMILES string of the molecule is COc1ccc(C2=NN(C(=O)CSc3nc4ccccc4[nH]3)[C@@H](c3ccco3)C2)cc1. The summed E-state index contributed by atoms with van der Waals surface area (Å²) < 4.78 is 10.8. The van der Waals surface area contributed by atoms with E-state index in [4.69, 9.17) is 9.15 Å². The Morgan fingerprint density at radius 1 is 1.19 bits per heavy atom. The van der Waals surface area contributed by atoms with Gasteiger partial charge in [0.1, 0.15) is 17.6 Å². The maximum atomic E-state index is 13.1. The molecule has 31 heavy (non-hydrogen) atoms. The maximum Gasteiger partial charge on any atom is 0.253 e. The molecule has 0 fully saturated rings. The minimum Gasteiger partial charge on any atom is -0.497 e. The molecule has 1 aliphatic heterocycles. The highest BCUT2D eigenvalue weighted by atomic mass is 32.2. The van der Waals surface area contributed by atoms with E-state index in [1.807, 2.05) is 60.7 Å². The van der Waals surface area contributed by atoms with Gasteiger partial charge in [0.2, 0.25) is 0 Å². The van der Waals surface area contributed by atoms with E-state index in [2.05, 4.69) is 15.1 Å². The van der Waals surface area contributed by atoms with Gasteiger partial charge >= 0.3 is 0 Å². The molecular weight excluding hydrogens is 412 g/mol. The molecule has 2 aromatic heterocycles. The van der Waals surface area contributed by atoms with Crippen LogP contribution in [0.2, 0.25) is 0 Å². The van der Waals surface area contributed by atoms with Crippen LogP contribution in [0.25, 0.3) is 11.0 Å². The van der Waals surface area contributed by atoms with Crippen molar-refractivity contribution in [1.82, 2.24) is 15.0 Å². The first kappa shape index (κ1) is 19.4. The largest absolute Gasteiger partial charge is 0.497 e. The lowest BCUT2D eigenvalue weighted by atomic mass is 10.0. The third kappa shape index (κ3) is 3.94.